The third-order valence-corrected chi connectivity index (χ3v) is 4.24. The molecule has 0 spiro atoms. The zero-order valence-corrected chi connectivity index (χ0v) is 16.2. The number of aryl methyl sites for hydroxylation is 1. The number of furan rings is 1. The fourth-order valence-corrected chi connectivity index (χ4v) is 2.74. The molecule has 8 heteroatoms. The van der Waals surface area contributed by atoms with E-state index in [0.29, 0.717) is 17.0 Å². The van der Waals surface area contributed by atoms with Crippen molar-refractivity contribution in [1.29, 1.82) is 5.26 Å². The number of anilines is 1. The Kier molecular flexibility index (Phi) is 5.94. The number of benzene rings is 2. The van der Waals surface area contributed by atoms with Crippen LogP contribution >= 0.6 is 0 Å². The maximum atomic E-state index is 12.4. The Balaban J connectivity index is 1.84. The number of carbonyl (C=O) groups is 1. The van der Waals surface area contributed by atoms with E-state index >= 15 is 0 Å². The number of nitro groups is 1. The predicted octanol–water partition coefficient (Wildman–Crippen LogP) is 4.72. The number of carbonyl (C=O) groups excluding carboxylic acids is 1. The van der Waals surface area contributed by atoms with Crippen molar-refractivity contribution in [1.82, 2.24) is 0 Å². The number of nitro benzene ring substituents is 1. The molecule has 0 aliphatic heterocycles. The topological polar surface area (TPSA) is 118 Å². The molecular weight excluding hydrogens is 386 g/mol. The van der Waals surface area contributed by atoms with Crippen LogP contribution < -0.4 is 10.1 Å². The first-order valence-corrected chi connectivity index (χ1v) is 8.83. The first-order valence-electron chi connectivity index (χ1n) is 8.83. The van der Waals surface area contributed by atoms with E-state index in [1.807, 2.05) is 6.07 Å². The van der Waals surface area contributed by atoms with Crippen LogP contribution in [0.15, 0.2) is 64.6 Å². The Bertz CT molecular complexity index is 1170. The maximum Gasteiger partial charge on any atom is 0.280 e. The van der Waals surface area contributed by atoms with Crippen LogP contribution in [0.5, 0.6) is 5.75 Å². The quantitative estimate of drug-likeness (QED) is 0.275. The SMILES string of the molecule is COc1ccc(NC(=O)/C(C#N)=C/c2ccc(-c3ccc(C)cc3[N+](=O)[O-])o2)cc1. The van der Waals surface area contributed by atoms with Gasteiger partial charge in [-0.25, -0.2) is 0 Å². The molecule has 1 heterocycles. The van der Waals surface area contributed by atoms with Gasteiger partial charge in [-0.1, -0.05) is 6.07 Å². The lowest BCUT2D eigenvalue weighted by molar-refractivity contribution is -0.384. The Hall–Kier alpha value is -4.38. The molecule has 0 unspecified atom stereocenters. The second kappa shape index (κ2) is 8.75. The fourth-order valence-electron chi connectivity index (χ4n) is 2.74. The van der Waals surface area contributed by atoms with Crippen molar-refractivity contribution in [3.05, 3.63) is 81.6 Å². The van der Waals surface area contributed by atoms with Crippen molar-refractivity contribution in [2.24, 2.45) is 0 Å². The van der Waals surface area contributed by atoms with Gasteiger partial charge in [0, 0.05) is 17.8 Å². The summed E-state index contributed by atoms with van der Waals surface area (Å²) in [4.78, 5) is 23.2. The average molecular weight is 403 g/mol. The third-order valence-electron chi connectivity index (χ3n) is 4.24. The minimum atomic E-state index is -0.609. The minimum Gasteiger partial charge on any atom is -0.497 e. The van der Waals surface area contributed by atoms with Gasteiger partial charge in [-0.05, 0) is 55.0 Å². The number of nitrogens with one attached hydrogen (secondary N) is 1. The van der Waals surface area contributed by atoms with Crippen LogP contribution in [-0.2, 0) is 4.79 Å². The number of rotatable bonds is 6. The maximum absolute atomic E-state index is 12.4. The normalized spacial score (nSPS) is 10.9. The van der Waals surface area contributed by atoms with Gasteiger partial charge in [-0.3, -0.25) is 14.9 Å². The number of hydrogen-bond acceptors (Lipinski definition) is 6. The Morgan fingerprint density at radius 3 is 2.57 bits per heavy atom. The van der Waals surface area contributed by atoms with Crippen LogP contribution in [0.25, 0.3) is 17.4 Å². The van der Waals surface area contributed by atoms with E-state index in [9.17, 15) is 20.2 Å². The van der Waals surface area contributed by atoms with Crippen molar-refractivity contribution in [2.75, 3.05) is 12.4 Å². The zero-order valence-electron chi connectivity index (χ0n) is 16.2. The van der Waals surface area contributed by atoms with E-state index in [1.54, 1.807) is 49.4 Å². The molecule has 0 bridgehead atoms. The van der Waals surface area contributed by atoms with Gasteiger partial charge in [0.2, 0.25) is 0 Å². The summed E-state index contributed by atoms with van der Waals surface area (Å²) in [5.74, 6) is 0.515. The lowest BCUT2D eigenvalue weighted by Gasteiger charge is -2.05. The van der Waals surface area contributed by atoms with Crippen molar-refractivity contribution in [3.63, 3.8) is 0 Å². The highest BCUT2D eigenvalue weighted by Crippen LogP contribution is 2.32. The molecule has 8 nitrogen and oxygen atoms in total. The lowest BCUT2D eigenvalue weighted by Crippen LogP contribution is -2.13. The van der Waals surface area contributed by atoms with Gasteiger partial charge in [-0.15, -0.1) is 0 Å². The Labute approximate surface area is 172 Å². The van der Waals surface area contributed by atoms with E-state index in [4.69, 9.17) is 9.15 Å². The first kappa shape index (κ1) is 20.4. The molecule has 0 aliphatic rings. The van der Waals surface area contributed by atoms with Crippen LogP contribution in [0.1, 0.15) is 11.3 Å². The van der Waals surface area contributed by atoms with Gasteiger partial charge < -0.3 is 14.5 Å². The molecule has 0 saturated heterocycles. The summed E-state index contributed by atoms with van der Waals surface area (Å²) in [6.07, 6.45) is 1.28. The van der Waals surface area contributed by atoms with Gasteiger partial charge in [0.05, 0.1) is 17.6 Å². The molecule has 30 heavy (non-hydrogen) atoms. The molecule has 2 aromatic carbocycles. The van der Waals surface area contributed by atoms with Crippen molar-refractivity contribution in [2.45, 2.75) is 6.92 Å². The molecule has 150 valence electrons. The summed E-state index contributed by atoms with van der Waals surface area (Å²) in [7, 11) is 1.53. The van der Waals surface area contributed by atoms with Crippen LogP contribution in [-0.4, -0.2) is 17.9 Å². The number of amides is 1. The van der Waals surface area contributed by atoms with E-state index in [2.05, 4.69) is 5.32 Å². The number of ether oxygens (including phenoxy) is 1. The van der Waals surface area contributed by atoms with Gasteiger partial charge in [-0.2, -0.15) is 5.26 Å². The molecule has 0 fully saturated rings. The van der Waals surface area contributed by atoms with Gasteiger partial charge in [0.1, 0.15) is 28.9 Å². The molecule has 3 aromatic rings. The number of methoxy groups -OCH3 is 1. The van der Waals surface area contributed by atoms with E-state index < -0.39 is 10.8 Å². The average Bonchev–Trinajstić information content (AvgIpc) is 3.20. The number of nitriles is 1. The zero-order chi connectivity index (χ0) is 21.7. The second-order valence-corrected chi connectivity index (χ2v) is 6.33. The standard InChI is InChI=1S/C22H17N3O5/c1-14-3-9-19(20(11-14)25(27)28)21-10-8-18(30-21)12-15(13-23)22(26)24-16-4-6-17(29-2)7-5-16/h3-12H,1-2H3,(H,24,26)/b15-12+. The summed E-state index contributed by atoms with van der Waals surface area (Å²) < 4.78 is 10.7. The summed E-state index contributed by atoms with van der Waals surface area (Å²) in [5.41, 5.74) is 1.30. The van der Waals surface area contributed by atoms with Crippen LogP contribution in [0.3, 0.4) is 0 Å². The molecule has 0 saturated carbocycles. The van der Waals surface area contributed by atoms with Gasteiger partial charge in [0.15, 0.2) is 0 Å². The fraction of sp³-hybridized carbons (Fsp3) is 0.0909. The van der Waals surface area contributed by atoms with Gasteiger partial charge in [0.25, 0.3) is 11.6 Å². The van der Waals surface area contributed by atoms with E-state index in [-0.39, 0.29) is 22.8 Å². The van der Waals surface area contributed by atoms with E-state index in [0.717, 1.165) is 5.56 Å². The van der Waals surface area contributed by atoms with Crippen LogP contribution in [0.2, 0.25) is 0 Å². The number of hydrogen-bond donors (Lipinski definition) is 1. The largest absolute Gasteiger partial charge is 0.497 e. The molecule has 3 rings (SSSR count). The predicted molar refractivity (Wildman–Crippen MR) is 111 cm³/mol. The highest BCUT2D eigenvalue weighted by Gasteiger charge is 2.18. The summed E-state index contributed by atoms with van der Waals surface area (Å²) in [6.45, 7) is 1.76. The smallest absolute Gasteiger partial charge is 0.280 e. The van der Waals surface area contributed by atoms with Crippen molar-refractivity contribution >= 4 is 23.4 Å². The van der Waals surface area contributed by atoms with Crippen molar-refractivity contribution < 1.29 is 18.9 Å². The van der Waals surface area contributed by atoms with Gasteiger partial charge >= 0.3 is 0 Å². The molecule has 1 aromatic heterocycles. The summed E-state index contributed by atoms with van der Waals surface area (Å²) in [6, 6.07) is 16.4. The molecule has 1 N–H and O–H groups in total. The minimum absolute atomic E-state index is 0.0855. The highest BCUT2D eigenvalue weighted by atomic mass is 16.6. The molecule has 0 aliphatic carbocycles. The first-order chi connectivity index (χ1) is 14.4. The third kappa shape index (κ3) is 4.54. The van der Waals surface area contributed by atoms with Crippen molar-refractivity contribution in [3.8, 4) is 23.1 Å². The molecular formula is C22H17N3O5. The number of nitrogens with zero attached hydrogens (tertiary/aromatic N) is 2. The summed E-state index contributed by atoms with van der Waals surface area (Å²) >= 11 is 0. The van der Waals surface area contributed by atoms with E-state index in [1.165, 1.54) is 25.3 Å². The monoisotopic (exact) mass is 403 g/mol. The second-order valence-electron chi connectivity index (χ2n) is 6.33. The van der Waals surface area contributed by atoms with Crippen LogP contribution in [0.4, 0.5) is 11.4 Å². The molecule has 0 radical (unpaired) electrons. The lowest BCUT2D eigenvalue weighted by atomic mass is 10.1. The Morgan fingerprint density at radius 1 is 1.20 bits per heavy atom. The Morgan fingerprint density at radius 2 is 1.93 bits per heavy atom. The van der Waals surface area contributed by atoms with Crippen LogP contribution in [0, 0.1) is 28.4 Å². The summed E-state index contributed by atoms with van der Waals surface area (Å²) in [5, 5.41) is 23.3. The molecule has 1 amide bonds. The molecule has 0 atom stereocenters. The highest BCUT2D eigenvalue weighted by molar-refractivity contribution is 6.09.